The van der Waals surface area contributed by atoms with Gasteiger partial charge in [-0.25, -0.2) is 4.98 Å². The van der Waals surface area contributed by atoms with E-state index in [4.69, 9.17) is 0 Å². The van der Waals surface area contributed by atoms with Gasteiger partial charge < -0.3 is 9.67 Å². The summed E-state index contributed by atoms with van der Waals surface area (Å²) in [4.78, 5) is 4.13. The molecule has 0 saturated carbocycles. The van der Waals surface area contributed by atoms with Gasteiger partial charge in [0, 0.05) is 24.7 Å². The van der Waals surface area contributed by atoms with Crippen LogP contribution in [-0.2, 0) is 6.42 Å². The second kappa shape index (κ2) is 6.22. The third-order valence-corrected chi connectivity index (χ3v) is 3.70. The molecule has 0 spiro atoms. The van der Waals surface area contributed by atoms with Gasteiger partial charge in [0.05, 0.1) is 23.9 Å². The number of aromatic nitrogens is 4. The molecule has 0 aliphatic heterocycles. The Morgan fingerprint density at radius 3 is 2.70 bits per heavy atom. The molecule has 2 aromatic rings. The molecule has 0 aliphatic carbocycles. The van der Waals surface area contributed by atoms with Crippen molar-refractivity contribution in [3.63, 3.8) is 0 Å². The maximum atomic E-state index is 10.4. The van der Waals surface area contributed by atoms with Crippen molar-refractivity contribution in [1.29, 1.82) is 0 Å². The Kier molecular flexibility index (Phi) is 4.60. The number of imidazole rings is 1. The largest absolute Gasteiger partial charge is 0.386 e. The van der Waals surface area contributed by atoms with Crippen LogP contribution >= 0.6 is 0 Å². The van der Waals surface area contributed by atoms with Crippen LogP contribution < -0.4 is 0 Å². The predicted molar refractivity (Wildman–Crippen MR) is 78.5 cm³/mol. The van der Waals surface area contributed by atoms with Gasteiger partial charge in [-0.05, 0) is 33.3 Å². The van der Waals surface area contributed by atoms with E-state index in [-0.39, 0.29) is 0 Å². The van der Waals surface area contributed by atoms with Gasteiger partial charge in [0.2, 0.25) is 0 Å². The summed E-state index contributed by atoms with van der Waals surface area (Å²) in [5.74, 6) is 0. The van der Waals surface area contributed by atoms with E-state index in [0.717, 1.165) is 17.8 Å². The zero-order valence-electron chi connectivity index (χ0n) is 12.7. The van der Waals surface area contributed by atoms with E-state index in [9.17, 15) is 5.11 Å². The minimum absolute atomic E-state index is 0.292. The van der Waals surface area contributed by atoms with E-state index in [1.165, 1.54) is 0 Å². The number of hydrogen-bond donors (Lipinski definition) is 1. The lowest BCUT2D eigenvalue weighted by atomic mass is 10.1. The van der Waals surface area contributed by atoms with Crippen LogP contribution in [0.25, 0.3) is 0 Å². The molecule has 2 heterocycles. The van der Waals surface area contributed by atoms with Crippen molar-refractivity contribution in [1.82, 2.24) is 19.3 Å². The maximum Gasteiger partial charge on any atom is 0.101 e. The summed E-state index contributed by atoms with van der Waals surface area (Å²) in [6.07, 6.45) is 6.47. The highest BCUT2D eigenvalue weighted by molar-refractivity contribution is 5.10. The van der Waals surface area contributed by atoms with Crippen molar-refractivity contribution in [2.45, 2.75) is 58.7 Å². The topological polar surface area (TPSA) is 55.9 Å². The van der Waals surface area contributed by atoms with Crippen LogP contribution in [0, 0.1) is 0 Å². The summed E-state index contributed by atoms with van der Waals surface area (Å²) in [6.45, 7) is 8.44. The molecule has 20 heavy (non-hydrogen) atoms. The predicted octanol–water partition coefficient (Wildman–Crippen LogP) is 2.91. The van der Waals surface area contributed by atoms with Crippen LogP contribution in [0.1, 0.15) is 63.7 Å². The lowest BCUT2D eigenvalue weighted by molar-refractivity contribution is 0.165. The number of aliphatic hydroxyl groups is 1. The summed E-state index contributed by atoms with van der Waals surface area (Å²) < 4.78 is 3.96. The molecule has 0 radical (unpaired) electrons. The lowest BCUT2D eigenvalue weighted by Crippen LogP contribution is -2.12. The minimum atomic E-state index is -0.569. The van der Waals surface area contributed by atoms with Gasteiger partial charge in [-0.2, -0.15) is 5.10 Å². The van der Waals surface area contributed by atoms with Crippen molar-refractivity contribution in [3.05, 3.63) is 36.2 Å². The van der Waals surface area contributed by atoms with Gasteiger partial charge in [0.1, 0.15) is 6.10 Å². The van der Waals surface area contributed by atoms with E-state index in [0.29, 0.717) is 18.5 Å². The van der Waals surface area contributed by atoms with Gasteiger partial charge in [0.15, 0.2) is 0 Å². The average Bonchev–Trinajstić information content (AvgIpc) is 3.06. The molecular weight excluding hydrogens is 252 g/mol. The van der Waals surface area contributed by atoms with E-state index >= 15 is 0 Å². The molecule has 2 unspecified atom stereocenters. The van der Waals surface area contributed by atoms with Gasteiger partial charge >= 0.3 is 0 Å². The van der Waals surface area contributed by atoms with Crippen LogP contribution in [0.2, 0.25) is 0 Å². The minimum Gasteiger partial charge on any atom is -0.386 e. The summed E-state index contributed by atoms with van der Waals surface area (Å²) in [5.41, 5.74) is 1.76. The van der Waals surface area contributed by atoms with Gasteiger partial charge in [0.25, 0.3) is 0 Å². The van der Waals surface area contributed by atoms with Crippen molar-refractivity contribution in [2.24, 2.45) is 0 Å². The maximum absolute atomic E-state index is 10.4. The first-order chi connectivity index (χ1) is 9.52. The Balaban J connectivity index is 2.09. The summed E-state index contributed by atoms with van der Waals surface area (Å²) in [6, 6.07) is 2.66. The Labute approximate surface area is 120 Å². The van der Waals surface area contributed by atoms with Crippen LogP contribution in [0.15, 0.2) is 24.8 Å². The molecule has 2 rings (SSSR count). The summed E-state index contributed by atoms with van der Waals surface area (Å²) in [7, 11) is 0. The molecule has 0 fully saturated rings. The standard InChI is InChI=1S/C15H24N4O/c1-5-12(4)19-7-6-13(17-19)8-15(20)14-9-16-10-18(14)11(2)3/h6-7,9-12,15,20H,5,8H2,1-4H3. The first kappa shape index (κ1) is 14.8. The number of aliphatic hydroxyl groups excluding tert-OH is 1. The third kappa shape index (κ3) is 3.10. The number of rotatable bonds is 6. The molecule has 0 bridgehead atoms. The molecule has 0 amide bonds. The average molecular weight is 276 g/mol. The molecule has 0 aliphatic rings. The highest BCUT2D eigenvalue weighted by Crippen LogP contribution is 2.21. The molecule has 110 valence electrons. The van der Waals surface area contributed by atoms with Crippen LogP contribution in [0.3, 0.4) is 0 Å². The molecular formula is C15H24N4O. The molecule has 5 nitrogen and oxygen atoms in total. The fourth-order valence-electron chi connectivity index (χ4n) is 2.23. The number of nitrogens with zero attached hydrogens (tertiary/aromatic N) is 4. The lowest BCUT2D eigenvalue weighted by Gasteiger charge is -2.15. The zero-order valence-corrected chi connectivity index (χ0v) is 12.7. The first-order valence-electron chi connectivity index (χ1n) is 7.26. The smallest absolute Gasteiger partial charge is 0.101 e. The SMILES string of the molecule is CCC(C)n1ccc(CC(O)c2cncn2C(C)C)n1. The fraction of sp³-hybridized carbons (Fsp3) is 0.600. The number of hydrogen-bond acceptors (Lipinski definition) is 3. The second-order valence-electron chi connectivity index (χ2n) is 5.58. The van der Waals surface area contributed by atoms with Crippen LogP contribution in [0.5, 0.6) is 0 Å². The molecule has 0 saturated heterocycles. The zero-order chi connectivity index (χ0) is 14.7. The molecule has 0 aromatic carbocycles. The van der Waals surface area contributed by atoms with Crippen LogP contribution in [-0.4, -0.2) is 24.4 Å². The Morgan fingerprint density at radius 2 is 2.05 bits per heavy atom. The van der Waals surface area contributed by atoms with Gasteiger partial charge in [-0.3, -0.25) is 4.68 Å². The summed E-state index contributed by atoms with van der Waals surface area (Å²) in [5, 5.41) is 14.9. The van der Waals surface area contributed by atoms with Crippen LogP contribution in [0.4, 0.5) is 0 Å². The first-order valence-corrected chi connectivity index (χ1v) is 7.26. The molecule has 5 heteroatoms. The van der Waals surface area contributed by atoms with E-state index in [2.05, 4.69) is 37.8 Å². The highest BCUT2D eigenvalue weighted by atomic mass is 16.3. The van der Waals surface area contributed by atoms with Gasteiger partial charge in [-0.1, -0.05) is 6.92 Å². The Morgan fingerprint density at radius 1 is 1.30 bits per heavy atom. The van der Waals surface area contributed by atoms with Gasteiger partial charge in [-0.15, -0.1) is 0 Å². The Bertz CT molecular complexity index is 544. The molecule has 1 N–H and O–H groups in total. The van der Waals surface area contributed by atoms with Crippen molar-refractivity contribution >= 4 is 0 Å². The monoisotopic (exact) mass is 276 g/mol. The van der Waals surface area contributed by atoms with Crippen molar-refractivity contribution in [3.8, 4) is 0 Å². The quantitative estimate of drug-likeness (QED) is 0.882. The second-order valence-corrected chi connectivity index (χ2v) is 5.58. The highest BCUT2D eigenvalue weighted by Gasteiger charge is 2.16. The van der Waals surface area contributed by atoms with E-state index < -0.39 is 6.10 Å². The van der Waals surface area contributed by atoms with E-state index in [1.807, 2.05) is 21.5 Å². The van der Waals surface area contributed by atoms with Crippen molar-refractivity contribution < 1.29 is 5.11 Å². The Hall–Kier alpha value is -1.62. The summed E-state index contributed by atoms with van der Waals surface area (Å²) >= 11 is 0. The van der Waals surface area contributed by atoms with E-state index in [1.54, 1.807) is 12.5 Å². The third-order valence-electron chi connectivity index (χ3n) is 3.70. The molecule has 2 aromatic heterocycles. The fourth-order valence-corrected chi connectivity index (χ4v) is 2.23. The normalized spacial score (nSPS) is 14.7. The van der Waals surface area contributed by atoms with Crippen molar-refractivity contribution in [2.75, 3.05) is 0 Å². The molecule has 2 atom stereocenters.